The van der Waals surface area contributed by atoms with Crippen molar-refractivity contribution in [1.82, 2.24) is 5.32 Å². The molecule has 1 fully saturated rings. The molecule has 4 nitrogen and oxygen atoms in total. The maximum absolute atomic E-state index is 12.0. The molecule has 0 saturated heterocycles. The third-order valence-electron chi connectivity index (χ3n) is 4.03. The second-order valence-corrected chi connectivity index (χ2v) is 7.01. The van der Waals surface area contributed by atoms with Gasteiger partial charge in [-0.1, -0.05) is 19.3 Å². The first-order valence-corrected chi connectivity index (χ1v) is 8.24. The third kappa shape index (κ3) is 7.23. The second kappa shape index (κ2) is 9.14. The Kier molecular flexibility index (Phi) is 7.86. The van der Waals surface area contributed by atoms with Gasteiger partial charge in [-0.25, -0.2) is 0 Å². The quantitative estimate of drug-likeness (QED) is 0.832. The Balaban J connectivity index is 0.00000264. The summed E-state index contributed by atoms with van der Waals surface area (Å²) in [6, 6.07) is 7.33. The Morgan fingerprint density at radius 2 is 1.83 bits per heavy atom. The molecule has 23 heavy (non-hydrogen) atoms. The number of rotatable bonds is 6. The molecule has 1 aromatic rings. The lowest BCUT2D eigenvalue weighted by Gasteiger charge is -2.21. The standard InChI is InChI=1S/C18H28N2O2.ClH/c1-18(2,19)13-20-17(21)15-8-10-16(11-9-15)22-12-14-6-4-3-5-7-14;/h8-11,14H,3-7,12-13,19H2,1-2H3,(H,20,21);1H. The van der Waals surface area contributed by atoms with Crippen molar-refractivity contribution in [3.8, 4) is 5.75 Å². The van der Waals surface area contributed by atoms with E-state index in [-0.39, 0.29) is 18.3 Å². The van der Waals surface area contributed by atoms with Crippen LogP contribution < -0.4 is 15.8 Å². The van der Waals surface area contributed by atoms with E-state index in [1.165, 1.54) is 32.1 Å². The smallest absolute Gasteiger partial charge is 0.251 e. The van der Waals surface area contributed by atoms with Crippen molar-refractivity contribution in [2.75, 3.05) is 13.2 Å². The maximum Gasteiger partial charge on any atom is 0.251 e. The first-order chi connectivity index (χ1) is 10.4. The second-order valence-electron chi connectivity index (χ2n) is 7.01. The van der Waals surface area contributed by atoms with Crippen molar-refractivity contribution in [2.24, 2.45) is 11.7 Å². The largest absolute Gasteiger partial charge is 0.493 e. The van der Waals surface area contributed by atoms with Gasteiger partial charge in [0.25, 0.3) is 5.91 Å². The topological polar surface area (TPSA) is 64.3 Å². The number of hydrogen-bond acceptors (Lipinski definition) is 3. The summed E-state index contributed by atoms with van der Waals surface area (Å²) in [6.07, 6.45) is 6.56. The van der Waals surface area contributed by atoms with Crippen LogP contribution in [0.1, 0.15) is 56.3 Å². The molecule has 0 unspecified atom stereocenters. The average molecular weight is 341 g/mol. The maximum atomic E-state index is 12.0. The van der Waals surface area contributed by atoms with Gasteiger partial charge in [0.05, 0.1) is 6.61 Å². The fourth-order valence-electron chi connectivity index (χ4n) is 2.68. The number of nitrogens with two attached hydrogens (primary N) is 1. The fraction of sp³-hybridized carbons (Fsp3) is 0.611. The van der Waals surface area contributed by atoms with Crippen molar-refractivity contribution >= 4 is 18.3 Å². The van der Waals surface area contributed by atoms with Crippen LogP contribution in [-0.2, 0) is 0 Å². The molecule has 1 aliphatic rings. The molecule has 0 spiro atoms. The van der Waals surface area contributed by atoms with Crippen LogP contribution in [0.25, 0.3) is 0 Å². The molecular weight excluding hydrogens is 312 g/mol. The van der Waals surface area contributed by atoms with Crippen LogP contribution >= 0.6 is 12.4 Å². The predicted octanol–water partition coefficient (Wildman–Crippen LogP) is 3.53. The average Bonchev–Trinajstić information content (AvgIpc) is 2.51. The van der Waals surface area contributed by atoms with Gasteiger partial charge in [-0.2, -0.15) is 0 Å². The highest BCUT2D eigenvalue weighted by Crippen LogP contribution is 2.24. The molecule has 1 aromatic carbocycles. The molecule has 2 rings (SSSR count). The summed E-state index contributed by atoms with van der Waals surface area (Å²) in [5.74, 6) is 1.42. The zero-order valence-corrected chi connectivity index (χ0v) is 15.0. The van der Waals surface area contributed by atoms with Gasteiger partial charge in [0.1, 0.15) is 5.75 Å². The predicted molar refractivity (Wildman–Crippen MR) is 96.4 cm³/mol. The summed E-state index contributed by atoms with van der Waals surface area (Å²) < 4.78 is 5.84. The van der Waals surface area contributed by atoms with E-state index in [0.29, 0.717) is 18.0 Å². The Morgan fingerprint density at radius 1 is 1.22 bits per heavy atom. The molecule has 130 valence electrons. The van der Waals surface area contributed by atoms with Crippen LogP contribution in [0.5, 0.6) is 5.75 Å². The van der Waals surface area contributed by atoms with E-state index in [2.05, 4.69) is 5.32 Å². The van der Waals surface area contributed by atoms with E-state index in [0.717, 1.165) is 12.4 Å². The molecule has 0 bridgehead atoms. The Hall–Kier alpha value is -1.26. The van der Waals surface area contributed by atoms with Gasteiger partial charge >= 0.3 is 0 Å². The molecule has 3 N–H and O–H groups in total. The third-order valence-corrected chi connectivity index (χ3v) is 4.03. The normalized spacial score (nSPS) is 15.6. The van der Waals surface area contributed by atoms with E-state index >= 15 is 0 Å². The molecule has 0 aliphatic heterocycles. The van der Waals surface area contributed by atoms with Crippen LogP contribution in [0.2, 0.25) is 0 Å². The molecule has 5 heteroatoms. The lowest BCUT2D eigenvalue weighted by molar-refractivity contribution is 0.0946. The molecule has 1 saturated carbocycles. The zero-order valence-electron chi connectivity index (χ0n) is 14.1. The minimum atomic E-state index is -0.404. The SMILES string of the molecule is CC(C)(N)CNC(=O)c1ccc(OCC2CCCCC2)cc1.Cl. The summed E-state index contributed by atoms with van der Waals surface area (Å²) in [5, 5.41) is 2.84. The van der Waals surface area contributed by atoms with Gasteiger partial charge in [0.15, 0.2) is 0 Å². The minimum absolute atomic E-state index is 0. The lowest BCUT2D eigenvalue weighted by Crippen LogP contribution is -2.45. The van der Waals surface area contributed by atoms with E-state index in [9.17, 15) is 4.79 Å². The Morgan fingerprint density at radius 3 is 2.39 bits per heavy atom. The monoisotopic (exact) mass is 340 g/mol. The van der Waals surface area contributed by atoms with Gasteiger partial charge in [-0.05, 0) is 56.9 Å². The van der Waals surface area contributed by atoms with Crippen molar-refractivity contribution < 1.29 is 9.53 Å². The van der Waals surface area contributed by atoms with Crippen LogP contribution in [0.15, 0.2) is 24.3 Å². The number of benzene rings is 1. The fourth-order valence-corrected chi connectivity index (χ4v) is 2.68. The van der Waals surface area contributed by atoms with Gasteiger partial charge in [-0.15, -0.1) is 12.4 Å². The van der Waals surface area contributed by atoms with Gasteiger partial charge in [0, 0.05) is 17.6 Å². The zero-order chi connectivity index (χ0) is 16.0. The Labute approximate surface area is 145 Å². The molecule has 0 heterocycles. The number of amides is 1. The summed E-state index contributed by atoms with van der Waals surface area (Å²) in [4.78, 5) is 12.0. The van der Waals surface area contributed by atoms with E-state index in [1.807, 2.05) is 26.0 Å². The van der Waals surface area contributed by atoms with Crippen molar-refractivity contribution in [1.29, 1.82) is 0 Å². The number of ether oxygens (including phenoxy) is 1. The van der Waals surface area contributed by atoms with Crippen LogP contribution in [-0.4, -0.2) is 24.6 Å². The number of carbonyl (C=O) groups is 1. The highest BCUT2D eigenvalue weighted by Gasteiger charge is 2.15. The highest BCUT2D eigenvalue weighted by molar-refractivity contribution is 5.94. The van der Waals surface area contributed by atoms with Crippen molar-refractivity contribution in [3.05, 3.63) is 29.8 Å². The van der Waals surface area contributed by atoms with Crippen LogP contribution in [0.4, 0.5) is 0 Å². The van der Waals surface area contributed by atoms with E-state index < -0.39 is 5.54 Å². The number of hydrogen-bond donors (Lipinski definition) is 2. The van der Waals surface area contributed by atoms with Crippen LogP contribution in [0.3, 0.4) is 0 Å². The van der Waals surface area contributed by atoms with Crippen molar-refractivity contribution in [2.45, 2.75) is 51.5 Å². The summed E-state index contributed by atoms with van der Waals surface area (Å²) in [5.41, 5.74) is 6.09. The molecule has 1 aliphatic carbocycles. The van der Waals surface area contributed by atoms with E-state index in [1.54, 1.807) is 12.1 Å². The van der Waals surface area contributed by atoms with Gasteiger partial charge in [0.2, 0.25) is 0 Å². The summed E-state index contributed by atoms with van der Waals surface area (Å²) in [6.45, 7) is 5.00. The molecule has 1 amide bonds. The molecule has 0 aromatic heterocycles. The molecule has 0 atom stereocenters. The Bertz CT molecular complexity index is 477. The van der Waals surface area contributed by atoms with Gasteiger partial charge < -0.3 is 15.8 Å². The van der Waals surface area contributed by atoms with Crippen LogP contribution in [0, 0.1) is 5.92 Å². The minimum Gasteiger partial charge on any atom is -0.493 e. The summed E-state index contributed by atoms with van der Waals surface area (Å²) >= 11 is 0. The highest BCUT2D eigenvalue weighted by atomic mass is 35.5. The van der Waals surface area contributed by atoms with E-state index in [4.69, 9.17) is 10.5 Å². The summed E-state index contributed by atoms with van der Waals surface area (Å²) in [7, 11) is 0. The molecule has 0 radical (unpaired) electrons. The lowest BCUT2D eigenvalue weighted by atomic mass is 9.90. The van der Waals surface area contributed by atoms with Crippen molar-refractivity contribution in [3.63, 3.8) is 0 Å². The first kappa shape index (κ1) is 19.8. The number of halogens is 1. The molecular formula is C18H29ClN2O2. The number of carbonyl (C=O) groups excluding carboxylic acids is 1. The first-order valence-electron chi connectivity index (χ1n) is 8.24. The van der Waals surface area contributed by atoms with Gasteiger partial charge in [-0.3, -0.25) is 4.79 Å². The number of nitrogens with one attached hydrogen (secondary N) is 1.